The van der Waals surface area contributed by atoms with Gasteiger partial charge >= 0.3 is 5.97 Å². The Bertz CT molecular complexity index is 678. The third-order valence-electron chi connectivity index (χ3n) is 3.02. The van der Waals surface area contributed by atoms with E-state index in [4.69, 9.17) is 9.84 Å². The number of nitrogens with zero attached hydrogens (tertiary/aromatic N) is 2. The summed E-state index contributed by atoms with van der Waals surface area (Å²) in [6.45, 7) is 0.738. The van der Waals surface area contributed by atoms with Crippen LogP contribution in [0.4, 0.5) is 0 Å². The van der Waals surface area contributed by atoms with Crippen LogP contribution in [0.1, 0.15) is 12.2 Å². The Morgan fingerprint density at radius 2 is 2.15 bits per heavy atom. The molecular formula is C14H16N2O4. The number of carboxylic acids is 1. The lowest BCUT2D eigenvalue weighted by Crippen LogP contribution is -2.27. The van der Waals surface area contributed by atoms with Gasteiger partial charge in [-0.25, -0.2) is 4.98 Å². The summed E-state index contributed by atoms with van der Waals surface area (Å²) in [5.74, 6) is -0.432. The summed E-state index contributed by atoms with van der Waals surface area (Å²) in [5, 5.41) is 9.31. The number of hydrogen-bond donors (Lipinski definition) is 1. The summed E-state index contributed by atoms with van der Waals surface area (Å²) >= 11 is 0. The van der Waals surface area contributed by atoms with Crippen molar-refractivity contribution in [2.75, 3.05) is 13.7 Å². The first kappa shape index (κ1) is 14.2. The lowest BCUT2D eigenvalue weighted by molar-refractivity contribution is -0.137. The van der Waals surface area contributed by atoms with Crippen molar-refractivity contribution in [3.05, 3.63) is 40.4 Å². The molecular weight excluding hydrogens is 260 g/mol. The van der Waals surface area contributed by atoms with Crippen molar-refractivity contribution in [1.29, 1.82) is 0 Å². The number of aromatic nitrogens is 2. The van der Waals surface area contributed by atoms with E-state index in [2.05, 4.69) is 4.98 Å². The molecule has 0 radical (unpaired) electrons. The summed E-state index contributed by atoms with van der Waals surface area (Å²) in [7, 11) is 1.55. The summed E-state index contributed by atoms with van der Waals surface area (Å²) < 4.78 is 6.48. The molecule has 0 amide bonds. The molecule has 1 aromatic carbocycles. The summed E-state index contributed by atoms with van der Waals surface area (Å²) in [4.78, 5) is 27.5. The average Bonchev–Trinajstić information content (AvgIpc) is 2.44. The first-order valence-corrected chi connectivity index (χ1v) is 6.32. The Balaban J connectivity index is 2.51. The lowest BCUT2D eigenvalue weighted by atomic mass is 10.2. The Hall–Kier alpha value is -2.21. The van der Waals surface area contributed by atoms with Gasteiger partial charge in [-0.15, -0.1) is 0 Å². The van der Waals surface area contributed by atoms with Crippen LogP contribution in [0.3, 0.4) is 0 Å². The molecule has 0 unspecified atom stereocenters. The number of aliphatic carboxylic acids is 1. The second kappa shape index (κ2) is 6.29. The molecule has 0 bridgehead atoms. The van der Waals surface area contributed by atoms with Crippen LogP contribution < -0.4 is 5.56 Å². The standard InChI is InChI=1S/C14H16N2O4/c1-20-9-8-16-12(6-7-13(17)18)15-11-5-3-2-4-10(11)14(16)19/h2-5H,6-9H2,1H3,(H,17,18). The van der Waals surface area contributed by atoms with Gasteiger partial charge in [0.05, 0.1) is 30.5 Å². The van der Waals surface area contributed by atoms with E-state index in [1.54, 1.807) is 31.4 Å². The third kappa shape index (κ3) is 3.03. The van der Waals surface area contributed by atoms with Gasteiger partial charge in [0, 0.05) is 13.5 Å². The number of carbonyl (C=O) groups is 1. The van der Waals surface area contributed by atoms with Crippen molar-refractivity contribution in [3.8, 4) is 0 Å². The van der Waals surface area contributed by atoms with Crippen molar-refractivity contribution in [2.45, 2.75) is 19.4 Å². The second-order valence-corrected chi connectivity index (χ2v) is 4.39. The Morgan fingerprint density at radius 1 is 1.40 bits per heavy atom. The van der Waals surface area contributed by atoms with Gasteiger partial charge in [0.15, 0.2) is 0 Å². The number of para-hydroxylation sites is 1. The van der Waals surface area contributed by atoms with E-state index >= 15 is 0 Å². The van der Waals surface area contributed by atoms with E-state index in [0.29, 0.717) is 29.9 Å². The molecule has 0 aliphatic rings. The van der Waals surface area contributed by atoms with Gasteiger partial charge in [0.25, 0.3) is 5.56 Å². The zero-order valence-electron chi connectivity index (χ0n) is 11.2. The van der Waals surface area contributed by atoms with Gasteiger partial charge in [-0.1, -0.05) is 12.1 Å². The highest BCUT2D eigenvalue weighted by Crippen LogP contribution is 2.09. The van der Waals surface area contributed by atoms with E-state index in [0.717, 1.165) is 0 Å². The molecule has 1 heterocycles. The molecule has 0 saturated heterocycles. The summed E-state index contributed by atoms with van der Waals surface area (Å²) in [5.41, 5.74) is 0.430. The highest BCUT2D eigenvalue weighted by molar-refractivity contribution is 5.77. The number of hydrogen-bond acceptors (Lipinski definition) is 4. The van der Waals surface area contributed by atoms with Gasteiger partial charge in [-0.3, -0.25) is 14.2 Å². The number of methoxy groups -OCH3 is 1. The Labute approximate surface area is 115 Å². The predicted molar refractivity (Wildman–Crippen MR) is 73.8 cm³/mol. The molecule has 2 rings (SSSR count). The van der Waals surface area contributed by atoms with E-state index in [1.807, 2.05) is 0 Å². The molecule has 1 N–H and O–H groups in total. The topological polar surface area (TPSA) is 81.4 Å². The van der Waals surface area contributed by atoms with Crippen LogP contribution in [0.15, 0.2) is 29.1 Å². The Kier molecular flexibility index (Phi) is 4.47. The minimum atomic E-state index is -0.911. The van der Waals surface area contributed by atoms with Gasteiger partial charge in [-0.05, 0) is 12.1 Å². The number of aryl methyl sites for hydroxylation is 1. The van der Waals surface area contributed by atoms with Crippen LogP contribution in [0.2, 0.25) is 0 Å². The molecule has 6 nitrogen and oxygen atoms in total. The van der Waals surface area contributed by atoms with Crippen LogP contribution in [-0.4, -0.2) is 34.3 Å². The SMILES string of the molecule is COCCn1c(CCC(=O)O)nc2ccccc2c1=O. The van der Waals surface area contributed by atoms with Crippen molar-refractivity contribution in [3.63, 3.8) is 0 Å². The first-order chi connectivity index (χ1) is 9.63. The van der Waals surface area contributed by atoms with Crippen LogP contribution in [0.25, 0.3) is 10.9 Å². The molecule has 0 spiro atoms. The zero-order chi connectivity index (χ0) is 14.5. The van der Waals surface area contributed by atoms with Crippen molar-refractivity contribution in [1.82, 2.24) is 9.55 Å². The smallest absolute Gasteiger partial charge is 0.303 e. The van der Waals surface area contributed by atoms with Gasteiger partial charge in [-0.2, -0.15) is 0 Å². The highest BCUT2D eigenvalue weighted by atomic mass is 16.5. The van der Waals surface area contributed by atoms with Crippen molar-refractivity contribution in [2.24, 2.45) is 0 Å². The third-order valence-corrected chi connectivity index (χ3v) is 3.02. The fourth-order valence-electron chi connectivity index (χ4n) is 2.04. The maximum Gasteiger partial charge on any atom is 0.303 e. The normalized spacial score (nSPS) is 10.8. The molecule has 0 saturated carbocycles. The fraction of sp³-hybridized carbons (Fsp3) is 0.357. The molecule has 0 fully saturated rings. The predicted octanol–water partition coefficient (Wildman–Crippen LogP) is 1.06. The molecule has 106 valence electrons. The minimum absolute atomic E-state index is 0.0578. The van der Waals surface area contributed by atoms with E-state index in [1.165, 1.54) is 4.57 Å². The number of ether oxygens (including phenoxy) is 1. The molecule has 0 aliphatic carbocycles. The highest BCUT2D eigenvalue weighted by Gasteiger charge is 2.11. The zero-order valence-corrected chi connectivity index (χ0v) is 11.2. The van der Waals surface area contributed by atoms with Crippen molar-refractivity contribution < 1.29 is 14.6 Å². The fourth-order valence-corrected chi connectivity index (χ4v) is 2.04. The number of fused-ring (bicyclic) bond motifs is 1. The van der Waals surface area contributed by atoms with Gasteiger partial charge in [0.2, 0.25) is 0 Å². The number of benzene rings is 1. The molecule has 20 heavy (non-hydrogen) atoms. The lowest BCUT2D eigenvalue weighted by Gasteiger charge is -2.12. The van der Waals surface area contributed by atoms with Crippen molar-refractivity contribution >= 4 is 16.9 Å². The monoisotopic (exact) mass is 276 g/mol. The summed E-state index contributed by atoms with van der Waals surface area (Å²) in [6.07, 6.45) is 0.164. The first-order valence-electron chi connectivity index (χ1n) is 6.32. The second-order valence-electron chi connectivity index (χ2n) is 4.39. The Morgan fingerprint density at radius 3 is 2.85 bits per heavy atom. The van der Waals surface area contributed by atoms with Crippen LogP contribution in [0.5, 0.6) is 0 Å². The van der Waals surface area contributed by atoms with E-state index in [-0.39, 0.29) is 18.4 Å². The minimum Gasteiger partial charge on any atom is -0.481 e. The molecule has 0 atom stereocenters. The van der Waals surface area contributed by atoms with Crippen LogP contribution in [-0.2, 0) is 22.5 Å². The van der Waals surface area contributed by atoms with E-state index in [9.17, 15) is 9.59 Å². The quantitative estimate of drug-likeness (QED) is 0.853. The van der Waals surface area contributed by atoms with Crippen LogP contribution in [0, 0.1) is 0 Å². The number of rotatable bonds is 6. The number of carboxylic acid groups (broad SMARTS) is 1. The van der Waals surface area contributed by atoms with Gasteiger partial charge in [0.1, 0.15) is 5.82 Å². The van der Waals surface area contributed by atoms with E-state index < -0.39 is 5.97 Å². The maximum absolute atomic E-state index is 12.4. The average molecular weight is 276 g/mol. The van der Waals surface area contributed by atoms with Gasteiger partial charge < -0.3 is 9.84 Å². The molecule has 6 heteroatoms. The summed E-state index contributed by atoms with van der Waals surface area (Å²) in [6, 6.07) is 7.05. The maximum atomic E-state index is 12.4. The molecule has 0 aliphatic heterocycles. The molecule has 2 aromatic rings. The van der Waals surface area contributed by atoms with Crippen LogP contribution >= 0.6 is 0 Å². The largest absolute Gasteiger partial charge is 0.481 e. The molecule has 1 aromatic heterocycles.